The number of rotatable bonds is 1. The second kappa shape index (κ2) is 7.79. The Balaban J connectivity index is 0.000000322. The molecule has 10 heteroatoms. The zero-order chi connectivity index (χ0) is 17.6. The number of fused-ring (bicyclic) bond motifs is 1. The minimum Gasteiger partial charge on any atom is -0.489 e. The Morgan fingerprint density at radius 1 is 1.35 bits per heavy atom. The smallest absolute Gasteiger partial charge is 0.489 e. The number of hydrogen-bond acceptors (Lipinski definition) is 5. The highest BCUT2D eigenvalue weighted by Gasteiger charge is 2.38. The largest absolute Gasteiger partial charge is 0.490 e. The average Bonchev–Trinajstić information content (AvgIpc) is 2.66. The minimum absolute atomic E-state index is 0.0823. The van der Waals surface area contributed by atoms with Crippen molar-refractivity contribution in [1.29, 1.82) is 0 Å². The number of aliphatic hydroxyl groups excluding tert-OH is 1. The quantitative estimate of drug-likeness (QED) is 0.683. The third kappa shape index (κ3) is 5.42. The van der Waals surface area contributed by atoms with Crippen molar-refractivity contribution in [1.82, 2.24) is 0 Å². The number of nitrogens with zero attached hydrogens (tertiary/aromatic N) is 1. The molecule has 0 aromatic heterocycles. The summed E-state index contributed by atoms with van der Waals surface area (Å²) in [7, 11) is 0. The number of nitrogens with two attached hydrogens (primary N) is 1. The van der Waals surface area contributed by atoms with E-state index in [9.17, 15) is 23.1 Å². The molecular weight excluding hydrogens is 321 g/mol. The molecule has 1 aromatic rings. The van der Waals surface area contributed by atoms with Crippen molar-refractivity contribution in [2.45, 2.75) is 12.3 Å². The monoisotopic (exact) mass is 336 g/mol. The van der Waals surface area contributed by atoms with Crippen LogP contribution in [0, 0.1) is 0 Å². The van der Waals surface area contributed by atoms with E-state index in [1.165, 1.54) is 4.90 Å². The first-order chi connectivity index (χ1) is 10.7. The molecule has 1 aliphatic rings. The van der Waals surface area contributed by atoms with Gasteiger partial charge in [-0.2, -0.15) is 13.2 Å². The van der Waals surface area contributed by atoms with Crippen molar-refractivity contribution in [3.63, 3.8) is 0 Å². The average molecular weight is 336 g/mol. The van der Waals surface area contributed by atoms with Crippen LogP contribution in [0.5, 0.6) is 5.75 Å². The van der Waals surface area contributed by atoms with Crippen LogP contribution in [-0.4, -0.2) is 54.1 Å². The van der Waals surface area contributed by atoms with Gasteiger partial charge in [-0.15, -0.1) is 0 Å². The summed E-state index contributed by atoms with van der Waals surface area (Å²) < 4.78 is 37.1. The van der Waals surface area contributed by atoms with Crippen LogP contribution < -0.4 is 15.4 Å². The molecular formula is C13H15F3N2O5. The number of aliphatic carboxylic acids is 1. The van der Waals surface area contributed by atoms with Gasteiger partial charge >= 0.3 is 12.1 Å². The predicted molar refractivity (Wildman–Crippen MR) is 73.0 cm³/mol. The Labute approximate surface area is 129 Å². The van der Waals surface area contributed by atoms with Crippen molar-refractivity contribution >= 4 is 17.6 Å². The van der Waals surface area contributed by atoms with Crippen molar-refractivity contribution < 1.29 is 37.7 Å². The number of carbonyl (C=O) groups excluding carboxylic acids is 1. The van der Waals surface area contributed by atoms with E-state index in [-0.39, 0.29) is 25.6 Å². The first-order valence-corrected chi connectivity index (χ1v) is 6.37. The Kier molecular flexibility index (Phi) is 6.34. The van der Waals surface area contributed by atoms with E-state index in [0.29, 0.717) is 11.4 Å². The van der Waals surface area contributed by atoms with Crippen molar-refractivity contribution in [2.24, 2.45) is 5.73 Å². The third-order valence-electron chi connectivity index (χ3n) is 2.70. The number of halogens is 3. The number of aliphatic hydroxyl groups is 1. The Bertz CT molecular complexity index is 565. The van der Waals surface area contributed by atoms with Gasteiger partial charge in [0.25, 0.3) is 0 Å². The summed E-state index contributed by atoms with van der Waals surface area (Å²) in [5.41, 5.74) is 6.00. The number of para-hydroxylation sites is 2. The van der Waals surface area contributed by atoms with Crippen LogP contribution in [0.4, 0.5) is 18.9 Å². The lowest BCUT2D eigenvalue weighted by atomic mass is 10.2. The molecule has 0 bridgehead atoms. The molecule has 0 saturated carbocycles. The number of β-amino-alcohol motifs (C(OH)–C–C–N with tert-alkyl or cyclic N) is 1. The fourth-order valence-electron chi connectivity index (χ4n) is 1.70. The molecule has 0 aliphatic carbocycles. The van der Waals surface area contributed by atoms with Crippen LogP contribution in [0.15, 0.2) is 24.3 Å². The summed E-state index contributed by atoms with van der Waals surface area (Å²) in [6.07, 6.45) is -5.78. The maximum absolute atomic E-state index is 11.7. The summed E-state index contributed by atoms with van der Waals surface area (Å²) in [6.45, 7) is 0.319. The SMILES string of the molecule is NCC(=O)N1CC(O)COc2ccccc21.O=C(O)C(F)(F)F. The number of anilines is 1. The number of alkyl halides is 3. The highest BCUT2D eigenvalue weighted by molar-refractivity contribution is 5.96. The zero-order valence-corrected chi connectivity index (χ0v) is 11.8. The standard InChI is InChI=1S/C11H14N2O3.C2HF3O2/c12-5-11(15)13-6-8(14)7-16-10-4-2-1-3-9(10)13;3-2(4,5)1(6)7/h1-4,8,14H,5-7,12H2;(H,6,7). The number of ether oxygens (including phenoxy) is 1. The molecule has 1 heterocycles. The van der Waals surface area contributed by atoms with Crippen molar-refractivity contribution in [2.75, 3.05) is 24.6 Å². The number of hydrogen-bond donors (Lipinski definition) is 3. The molecule has 1 unspecified atom stereocenters. The summed E-state index contributed by atoms with van der Waals surface area (Å²) >= 11 is 0. The van der Waals surface area contributed by atoms with E-state index in [2.05, 4.69) is 0 Å². The molecule has 1 aromatic carbocycles. The lowest BCUT2D eigenvalue weighted by Crippen LogP contribution is -2.41. The van der Waals surface area contributed by atoms with E-state index in [1.54, 1.807) is 12.1 Å². The summed E-state index contributed by atoms with van der Waals surface area (Å²) in [6, 6.07) is 7.18. The number of carbonyl (C=O) groups is 2. The Hall–Kier alpha value is -2.33. The van der Waals surface area contributed by atoms with Crippen LogP contribution in [0.2, 0.25) is 0 Å². The van der Waals surface area contributed by atoms with Gasteiger partial charge < -0.3 is 25.6 Å². The molecule has 0 saturated heterocycles. The minimum atomic E-state index is -5.08. The molecule has 2 rings (SSSR count). The molecule has 1 atom stereocenters. The summed E-state index contributed by atoms with van der Waals surface area (Å²) in [5.74, 6) is -2.38. The Morgan fingerprint density at radius 3 is 2.43 bits per heavy atom. The number of amides is 1. The Morgan fingerprint density at radius 2 is 1.91 bits per heavy atom. The zero-order valence-electron chi connectivity index (χ0n) is 11.8. The normalized spacial score (nSPS) is 17.1. The molecule has 0 fully saturated rings. The summed E-state index contributed by atoms with van der Waals surface area (Å²) in [5, 5.41) is 16.7. The third-order valence-corrected chi connectivity index (χ3v) is 2.70. The van der Waals surface area contributed by atoms with Gasteiger partial charge in [0.05, 0.1) is 18.8 Å². The van der Waals surface area contributed by atoms with E-state index < -0.39 is 18.2 Å². The van der Waals surface area contributed by atoms with E-state index in [0.717, 1.165) is 0 Å². The number of carboxylic acid groups (broad SMARTS) is 1. The highest BCUT2D eigenvalue weighted by atomic mass is 19.4. The molecule has 128 valence electrons. The molecule has 1 amide bonds. The number of benzene rings is 1. The van der Waals surface area contributed by atoms with Gasteiger partial charge in [-0.3, -0.25) is 4.79 Å². The topological polar surface area (TPSA) is 113 Å². The highest BCUT2D eigenvalue weighted by Crippen LogP contribution is 2.30. The van der Waals surface area contributed by atoms with Gasteiger partial charge in [-0.05, 0) is 12.1 Å². The first kappa shape index (κ1) is 18.7. The predicted octanol–water partition coefficient (Wildman–Crippen LogP) is 0.365. The van der Waals surface area contributed by atoms with Gasteiger partial charge in [0.1, 0.15) is 18.5 Å². The number of carboxylic acids is 1. The molecule has 1 aliphatic heterocycles. The first-order valence-electron chi connectivity index (χ1n) is 6.37. The summed E-state index contributed by atoms with van der Waals surface area (Å²) in [4.78, 5) is 22.0. The maximum atomic E-state index is 11.7. The van der Waals surface area contributed by atoms with Crippen LogP contribution in [0.1, 0.15) is 0 Å². The van der Waals surface area contributed by atoms with Crippen molar-refractivity contribution in [3.8, 4) is 5.75 Å². The fraction of sp³-hybridized carbons (Fsp3) is 0.385. The molecule has 7 nitrogen and oxygen atoms in total. The second-order valence-electron chi connectivity index (χ2n) is 4.44. The van der Waals surface area contributed by atoms with Gasteiger partial charge in [0.2, 0.25) is 5.91 Å². The van der Waals surface area contributed by atoms with E-state index in [4.69, 9.17) is 20.4 Å². The molecule has 0 spiro atoms. The molecule has 4 N–H and O–H groups in total. The van der Waals surface area contributed by atoms with Crippen LogP contribution in [0.25, 0.3) is 0 Å². The van der Waals surface area contributed by atoms with Gasteiger partial charge in [0, 0.05) is 0 Å². The van der Waals surface area contributed by atoms with Gasteiger partial charge in [-0.25, -0.2) is 4.79 Å². The molecule has 0 radical (unpaired) electrons. The van der Waals surface area contributed by atoms with Crippen LogP contribution in [0.3, 0.4) is 0 Å². The van der Waals surface area contributed by atoms with Crippen LogP contribution in [-0.2, 0) is 9.59 Å². The maximum Gasteiger partial charge on any atom is 0.490 e. The van der Waals surface area contributed by atoms with E-state index in [1.807, 2.05) is 12.1 Å². The van der Waals surface area contributed by atoms with Gasteiger partial charge in [-0.1, -0.05) is 12.1 Å². The van der Waals surface area contributed by atoms with Gasteiger partial charge in [0.15, 0.2) is 0 Å². The lowest BCUT2D eigenvalue weighted by molar-refractivity contribution is -0.192. The van der Waals surface area contributed by atoms with Crippen molar-refractivity contribution in [3.05, 3.63) is 24.3 Å². The van der Waals surface area contributed by atoms with E-state index >= 15 is 0 Å². The second-order valence-corrected chi connectivity index (χ2v) is 4.44. The fourth-order valence-corrected chi connectivity index (χ4v) is 1.70. The lowest BCUT2D eigenvalue weighted by Gasteiger charge is -2.21. The van der Waals surface area contributed by atoms with Crippen LogP contribution >= 0.6 is 0 Å². The molecule has 23 heavy (non-hydrogen) atoms.